The lowest BCUT2D eigenvalue weighted by Crippen LogP contribution is -2.67. The van der Waals surface area contributed by atoms with Crippen molar-refractivity contribution in [3.05, 3.63) is 46.7 Å². The van der Waals surface area contributed by atoms with E-state index in [4.69, 9.17) is 10.5 Å². The molecule has 35 heavy (non-hydrogen) atoms. The number of carbonyl (C=O) groups excluding carboxylic acids is 2. The van der Waals surface area contributed by atoms with Crippen LogP contribution in [0.4, 0.5) is 8.78 Å². The number of amides is 1. The molecule has 11 heteroatoms. The first-order chi connectivity index (χ1) is 16.6. The van der Waals surface area contributed by atoms with Gasteiger partial charge in [0.1, 0.15) is 12.9 Å². The number of thiophene rings is 1. The Hall–Kier alpha value is -2.50. The second-order valence-electron chi connectivity index (χ2n) is 10.1. The molecule has 1 aliphatic carbocycles. The van der Waals surface area contributed by atoms with Gasteiger partial charge in [0.25, 0.3) is 5.91 Å². The van der Waals surface area contributed by atoms with Gasteiger partial charge >= 0.3 is 5.97 Å². The lowest BCUT2D eigenvalue weighted by molar-refractivity contribution is -0.965. The van der Waals surface area contributed by atoms with Crippen molar-refractivity contribution in [2.45, 2.75) is 55.8 Å². The van der Waals surface area contributed by atoms with Gasteiger partial charge in [0, 0.05) is 54.8 Å². The minimum Gasteiger partial charge on any atom is -0.454 e. The van der Waals surface area contributed by atoms with Crippen molar-refractivity contribution in [2.75, 3.05) is 19.6 Å². The predicted octanol–water partition coefficient (Wildman–Crippen LogP) is 2.54. The zero-order valence-corrected chi connectivity index (χ0v) is 20.0. The third-order valence-electron chi connectivity index (χ3n) is 8.13. The van der Waals surface area contributed by atoms with Crippen molar-refractivity contribution >= 4 is 23.2 Å². The van der Waals surface area contributed by atoms with Crippen LogP contribution in [0.15, 0.2) is 36.2 Å². The smallest absolute Gasteiger partial charge is 0.344 e. The number of alkyl halides is 2. The Morgan fingerprint density at radius 2 is 1.97 bits per heavy atom. The van der Waals surface area contributed by atoms with E-state index in [1.807, 2.05) is 0 Å². The number of primary amides is 1. The maximum atomic E-state index is 14.1. The standard InChI is InChI=1S/C24H28F2N4O4S/c25-23(26)6-3-17(10-23)24(33,19-2-1-9-35-19)22(32)34-18-13-30(7-4-15(18)5-8-30)20(21(27)31)16-11-28-14-29-12-16/h1-2,9,11-12,14-15,17-18,20,33H,3-8,10,13H2,(H-,27,31)/p+1/t15?,17?,18-,20?,24?,30?/m0/s1. The largest absolute Gasteiger partial charge is 0.454 e. The molecule has 8 nitrogen and oxygen atoms in total. The highest BCUT2D eigenvalue weighted by Gasteiger charge is 2.58. The van der Waals surface area contributed by atoms with Crippen molar-refractivity contribution in [1.29, 1.82) is 0 Å². The van der Waals surface area contributed by atoms with E-state index >= 15 is 0 Å². The number of aromatic nitrogens is 2. The number of carbonyl (C=O) groups is 2. The van der Waals surface area contributed by atoms with Gasteiger partial charge in [0.05, 0.1) is 18.7 Å². The quantitative estimate of drug-likeness (QED) is 0.440. The number of hydrogen-bond donors (Lipinski definition) is 2. The highest BCUT2D eigenvalue weighted by Crippen LogP contribution is 2.50. The second-order valence-corrected chi connectivity index (χ2v) is 11.1. The molecule has 3 N–H and O–H groups in total. The summed E-state index contributed by atoms with van der Waals surface area (Å²) in [5.74, 6) is -5.19. The Bertz CT molecular complexity index is 1080. The zero-order valence-electron chi connectivity index (χ0n) is 19.2. The van der Waals surface area contributed by atoms with Crippen LogP contribution in [-0.2, 0) is 19.9 Å². The summed E-state index contributed by atoms with van der Waals surface area (Å²) >= 11 is 1.15. The van der Waals surface area contributed by atoms with Gasteiger partial charge in [-0.3, -0.25) is 4.79 Å². The lowest BCUT2D eigenvalue weighted by Gasteiger charge is -2.54. The first-order valence-corrected chi connectivity index (χ1v) is 12.8. The molecule has 4 aliphatic rings. The van der Waals surface area contributed by atoms with Gasteiger partial charge < -0.3 is 20.1 Å². The van der Waals surface area contributed by atoms with E-state index in [0.29, 0.717) is 47.4 Å². The van der Waals surface area contributed by atoms with Crippen molar-refractivity contribution in [3.63, 3.8) is 0 Å². The first kappa shape index (κ1) is 24.2. The van der Waals surface area contributed by atoms with Crippen molar-refractivity contribution in [1.82, 2.24) is 9.97 Å². The molecule has 0 radical (unpaired) electrons. The number of esters is 1. The fourth-order valence-electron chi connectivity index (χ4n) is 6.36. The molecule has 188 valence electrons. The molecule has 3 saturated heterocycles. The van der Waals surface area contributed by atoms with E-state index in [0.717, 1.165) is 11.3 Å². The number of nitrogens with zero attached hydrogens (tertiary/aromatic N) is 3. The minimum atomic E-state index is -2.92. The van der Waals surface area contributed by atoms with Gasteiger partial charge in [-0.05, 0) is 17.9 Å². The third kappa shape index (κ3) is 4.23. The number of fused-ring (bicyclic) bond motifs is 3. The Labute approximate surface area is 205 Å². The fourth-order valence-corrected chi connectivity index (χ4v) is 7.25. The van der Waals surface area contributed by atoms with Crippen molar-refractivity contribution in [3.8, 4) is 0 Å². The lowest BCUT2D eigenvalue weighted by atomic mass is 9.80. The maximum Gasteiger partial charge on any atom is 0.344 e. The van der Waals surface area contributed by atoms with Crippen LogP contribution in [0.25, 0.3) is 0 Å². The molecule has 3 unspecified atom stereocenters. The van der Waals surface area contributed by atoms with Crippen LogP contribution in [0.2, 0.25) is 0 Å². The number of piperidine rings is 3. The van der Waals surface area contributed by atoms with Gasteiger partial charge in [-0.2, -0.15) is 0 Å². The monoisotopic (exact) mass is 507 g/mol. The maximum absolute atomic E-state index is 14.1. The van der Waals surface area contributed by atoms with Gasteiger partial charge in [-0.15, -0.1) is 11.3 Å². The number of ether oxygens (including phenoxy) is 1. The summed E-state index contributed by atoms with van der Waals surface area (Å²) in [7, 11) is 0. The summed E-state index contributed by atoms with van der Waals surface area (Å²) in [6.07, 6.45) is 4.49. The molecule has 2 aromatic rings. The van der Waals surface area contributed by atoms with E-state index < -0.39 is 47.9 Å². The average Bonchev–Trinajstić information content (AvgIpc) is 3.50. The van der Waals surface area contributed by atoms with Crippen LogP contribution in [0.1, 0.15) is 48.6 Å². The molecule has 5 heterocycles. The van der Waals surface area contributed by atoms with E-state index in [2.05, 4.69) is 9.97 Å². The highest BCUT2D eigenvalue weighted by atomic mass is 32.1. The van der Waals surface area contributed by atoms with Crippen LogP contribution in [0.5, 0.6) is 0 Å². The molecular formula is C24H29F2N4O4S+. The van der Waals surface area contributed by atoms with Crippen LogP contribution in [-0.4, -0.2) is 63.1 Å². The Kier molecular flexibility index (Phi) is 6.13. The summed E-state index contributed by atoms with van der Waals surface area (Å²) in [5.41, 5.74) is 4.31. The van der Waals surface area contributed by atoms with Crippen molar-refractivity contribution < 1.29 is 32.7 Å². The van der Waals surface area contributed by atoms with Crippen LogP contribution in [0.3, 0.4) is 0 Å². The van der Waals surface area contributed by atoms with Crippen LogP contribution >= 0.6 is 11.3 Å². The molecular weight excluding hydrogens is 478 g/mol. The Morgan fingerprint density at radius 1 is 1.26 bits per heavy atom. The molecule has 4 atom stereocenters. The molecule has 2 bridgehead atoms. The summed E-state index contributed by atoms with van der Waals surface area (Å²) in [5, 5.41) is 13.3. The molecule has 0 aromatic carbocycles. The number of quaternary nitrogens is 1. The van der Waals surface area contributed by atoms with Gasteiger partial charge in [-0.1, -0.05) is 6.07 Å². The summed E-state index contributed by atoms with van der Waals surface area (Å²) in [4.78, 5) is 34.5. The van der Waals surface area contributed by atoms with E-state index in [1.165, 1.54) is 6.33 Å². The number of aliphatic hydroxyl groups is 1. The predicted molar refractivity (Wildman–Crippen MR) is 122 cm³/mol. The van der Waals surface area contributed by atoms with Gasteiger partial charge in [0.15, 0.2) is 17.7 Å². The molecule has 1 saturated carbocycles. The van der Waals surface area contributed by atoms with Gasteiger partial charge in [-0.25, -0.2) is 23.5 Å². The minimum absolute atomic E-state index is 0.0301. The molecule has 0 spiro atoms. The van der Waals surface area contributed by atoms with Crippen LogP contribution < -0.4 is 5.73 Å². The fraction of sp³-hybridized carbons (Fsp3) is 0.583. The Morgan fingerprint density at radius 3 is 2.54 bits per heavy atom. The molecule has 3 aliphatic heterocycles. The first-order valence-electron chi connectivity index (χ1n) is 11.9. The normalized spacial score (nSPS) is 32.0. The van der Waals surface area contributed by atoms with E-state index in [1.54, 1.807) is 29.9 Å². The van der Waals surface area contributed by atoms with E-state index in [-0.39, 0.29) is 18.8 Å². The number of hydrogen-bond acceptors (Lipinski definition) is 7. The third-order valence-corrected chi connectivity index (χ3v) is 9.13. The summed E-state index contributed by atoms with van der Waals surface area (Å²) in [6.45, 7) is 1.72. The van der Waals surface area contributed by atoms with Crippen LogP contribution in [0, 0.1) is 11.8 Å². The summed E-state index contributed by atoms with van der Waals surface area (Å²) < 4.78 is 34.4. The van der Waals surface area contributed by atoms with E-state index in [9.17, 15) is 23.5 Å². The number of rotatable bonds is 7. The summed E-state index contributed by atoms with van der Waals surface area (Å²) in [6, 6.07) is 2.58. The van der Waals surface area contributed by atoms with Crippen molar-refractivity contribution in [2.24, 2.45) is 17.6 Å². The van der Waals surface area contributed by atoms with Gasteiger partial charge in [0.2, 0.25) is 5.92 Å². The molecule has 6 rings (SSSR count). The number of halogens is 2. The molecule has 2 aromatic heterocycles. The molecule has 1 amide bonds. The number of nitrogens with two attached hydrogens (primary N) is 1. The topological polar surface area (TPSA) is 115 Å². The average molecular weight is 508 g/mol. The molecule has 4 fully saturated rings. The SMILES string of the molecule is NC(=O)C(c1cncnc1)[N+]12CCC(CC1)[C@@H](OC(=O)C(O)(c1cccs1)C1CCC(F)(F)C1)C2. The Balaban J connectivity index is 1.41. The highest BCUT2D eigenvalue weighted by molar-refractivity contribution is 7.10. The zero-order chi connectivity index (χ0) is 24.8. The second kappa shape index (κ2) is 8.86.